The molecule has 2 fully saturated rings. The lowest BCUT2D eigenvalue weighted by Crippen LogP contribution is -2.43. The average Bonchev–Trinajstić information content (AvgIpc) is 2.90. The molecule has 0 aromatic rings. The number of hydrogen-bond acceptors (Lipinski definition) is 2. The first-order chi connectivity index (χ1) is 6.25. The van der Waals surface area contributed by atoms with E-state index >= 15 is 0 Å². The first-order valence-corrected chi connectivity index (χ1v) is 5.05. The van der Waals surface area contributed by atoms with E-state index in [1.165, 1.54) is 12.8 Å². The van der Waals surface area contributed by atoms with Gasteiger partial charge in [0.15, 0.2) is 0 Å². The van der Waals surface area contributed by atoms with E-state index in [1.807, 2.05) is 0 Å². The summed E-state index contributed by atoms with van der Waals surface area (Å²) >= 11 is 0. The van der Waals surface area contributed by atoms with E-state index in [0.717, 1.165) is 12.8 Å². The molecule has 2 amide bonds. The van der Waals surface area contributed by atoms with Gasteiger partial charge in [0, 0.05) is 18.6 Å². The highest BCUT2D eigenvalue weighted by molar-refractivity contribution is 5.74. The summed E-state index contributed by atoms with van der Waals surface area (Å²) in [6.45, 7) is 0.614. The Kier molecular flexibility index (Phi) is 2.40. The van der Waals surface area contributed by atoms with Crippen LogP contribution in [0.5, 0.6) is 0 Å². The molecule has 0 spiro atoms. The van der Waals surface area contributed by atoms with Crippen molar-refractivity contribution in [2.75, 3.05) is 6.54 Å². The van der Waals surface area contributed by atoms with Crippen LogP contribution in [0.1, 0.15) is 25.7 Å². The van der Waals surface area contributed by atoms with Crippen molar-refractivity contribution < 1.29 is 4.79 Å². The summed E-state index contributed by atoms with van der Waals surface area (Å²) < 4.78 is 0. The SMILES string of the molecule is NC(CNC(=O)NC1CC1)C1CC1. The van der Waals surface area contributed by atoms with Crippen LogP contribution in [-0.2, 0) is 0 Å². The van der Waals surface area contributed by atoms with Crippen molar-refractivity contribution in [1.29, 1.82) is 0 Å². The third-order valence-electron chi connectivity index (χ3n) is 2.64. The van der Waals surface area contributed by atoms with Crippen molar-refractivity contribution in [3.63, 3.8) is 0 Å². The van der Waals surface area contributed by atoms with E-state index in [9.17, 15) is 4.79 Å². The van der Waals surface area contributed by atoms with Gasteiger partial charge in [0.2, 0.25) is 0 Å². The van der Waals surface area contributed by atoms with Crippen molar-refractivity contribution in [2.45, 2.75) is 37.8 Å². The lowest BCUT2D eigenvalue weighted by Gasteiger charge is -2.11. The molecule has 13 heavy (non-hydrogen) atoms. The Morgan fingerprint density at radius 1 is 1.38 bits per heavy atom. The smallest absolute Gasteiger partial charge is 0.315 e. The summed E-state index contributed by atoms with van der Waals surface area (Å²) in [5, 5.41) is 5.66. The highest BCUT2D eigenvalue weighted by Gasteiger charge is 2.29. The van der Waals surface area contributed by atoms with E-state index < -0.39 is 0 Å². The molecule has 1 atom stereocenters. The molecule has 0 radical (unpaired) electrons. The molecule has 1 unspecified atom stereocenters. The number of carbonyl (C=O) groups is 1. The molecule has 0 aromatic carbocycles. The number of amides is 2. The molecule has 0 saturated heterocycles. The molecule has 0 bridgehead atoms. The summed E-state index contributed by atoms with van der Waals surface area (Å²) in [7, 11) is 0. The second-order valence-corrected chi connectivity index (χ2v) is 4.13. The van der Waals surface area contributed by atoms with Gasteiger partial charge in [-0.3, -0.25) is 0 Å². The zero-order valence-corrected chi connectivity index (χ0v) is 7.75. The molecule has 4 heteroatoms. The van der Waals surface area contributed by atoms with Crippen LogP contribution in [0.3, 0.4) is 0 Å². The third kappa shape index (κ3) is 2.88. The Balaban J connectivity index is 1.57. The predicted octanol–water partition coefficient (Wildman–Crippen LogP) is 0.185. The first kappa shape index (κ1) is 8.81. The van der Waals surface area contributed by atoms with Gasteiger partial charge in [0.1, 0.15) is 0 Å². The number of urea groups is 1. The minimum atomic E-state index is -0.0569. The van der Waals surface area contributed by atoms with Crippen LogP contribution in [0.25, 0.3) is 0 Å². The van der Waals surface area contributed by atoms with E-state index in [4.69, 9.17) is 5.73 Å². The van der Waals surface area contributed by atoms with E-state index in [1.54, 1.807) is 0 Å². The molecule has 0 aliphatic heterocycles. The summed E-state index contributed by atoms with van der Waals surface area (Å²) in [5.41, 5.74) is 5.83. The Bertz CT molecular complexity index is 199. The van der Waals surface area contributed by atoms with Crippen LogP contribution >= 0.6 is 0 Å². The highest BCUT2D eigenvalue weighted by atomic mass is 16.2. The summed E-state index contributed by atoms with van der Waals surface area (Å²) in [6, 6.07) is 0.528. The zero-order valence-electron chi connectivity index (χ0n) is 7.75. The van der Waals surface area contributed by atoms with Crippen molar-refractivity contribution >= 4 is 6.03 Å². The Labute approximate surface area is 78.2 Å². The predicted molar refractivity (Wildman–Crippen MR) is 50.3 cm³/mol. The molecular weight excluding hydrogens is 166 g/mol. The van der Waals surface area contributed by atoms with E-state index in [0.29, 0.717) is 18.5 Å². The van der Waals surface area contributed by atoms with Gasteiger partial charge in [-0.15, -0.1) is 0 Å². The summed E-state index contributed by atoms with van der Waals surface area (Å²) in [4.78, 5) is 11.2. The molecule has 4 nitrogen and oxygen atoms in total. The van der Waals surface area contributed by atoms with Crippen molar-refractivity contribution in [1.82, 2.24) is 10.6 Å². The molecule has 2 rings (SSSR count). The second kappa shape index (κ2) is 3.54. The molecule has 4 N–H and O–H groups in total. The Morgan fingerprint density at radius 2 is 2.08 bits per heavy atom. The minimum absolute atomic E-state index is 0.0569. The van der Waals surface area contributed by atoms with Crippen LogP contribution in [0, 0.1) is 5.92 Å². The van der Waals surface area contributed by atoms with Gasteiger partial charge in [-0.05, 0) is 31.6 Å². The number of carbonyl (C=O) groups excluding carboxylic acids is 1. The Hall–Kier alpha value is -0.770. The first-order valence-electron chi connectivity index (χ1n) is 5.05. The third-order valence-corrected chi connectivity index (χ3v) is 2.64. The maximum absolute atomic E-state index is 11.2. The maximum Gasteiger partial charge on any atom is 0.315 e. The topological polar surface area (TPSA) is 67.1 Å². The normalized spacial score (nSPS) is 23.8. The van der Waals surface area contributed by atoms with Crippen LogP contribution in [-0.4, -0.2) is 24.7 Å². The van der Waals surface area contributed by atoms with Gasteiger partial charge in [0.05, 0.1) is 0 Å². The van der Waals surface area contributed by atoms with Crippen molar-refractivity contribution in [3.8, 4) is 0 Å². The number of rotatable bonds is 4. The number of hydrogen-bond donors (Lipinski definition) is 3. The number of nitrogens with one attached hydrogen (secondary N) is 2. The van der Waals surface area contributed by atoms with E-state index in [-0.39, 0.29) is 12.1 Å². The van der Waals surface area contributed by atoms with Crippen molar-refractivity contribution in [2.24, 2.45) is 11.7 Å². The van der Waals surface area contributed by atoms with Gasteiger partial charge in [0.25, 0.3) is 0 Å². The molecule has 2 saturated carbocycles. The lowest BCUT2D eigenvalue weighted by atomic mass is 10.2. The second-order valence-electron chi connectivity index (χ2n) is 4.13. The summed E-state index contributed by atoms with van der Waals surface area (Å²) in [6.07, 6.45) is 4.71. The average molecular weight is 183 g/mol. The quantitative estimate of drug-likeness (QED) is 0.582. The van der Waals surface area contributed by atoms with Gasteiger partial charge >= 0.3 is 6.03 Å². The minimum Gasteiger partial charge on any atom is -0.337 e. The molecule has 2 aliphatic carbocycles. The van der Waals surface area contributed by atoms with Crippen LogP contribution < -0.4 is 16.4 Å². The fourth-order valence-corrected chi connectivity index (χ4v) is 1.37. The largest absolute Gasteiger partial charge is 0.337 e. The maximum atomic E-state index is 11.2. The van der Waals surface area contributed by atoms with Crippen LogP contribution in [0.4, 0.5) is 4.79 Å². The molecule has 74 valence electrons. The molecule has 0 heterocycles. The van der Waals surface area contributed by atoms with Crippen LogP contribution in [0.2, 0.25) is 0 Å². The van der Waals surface area contributed by atoms with Gasteiger partial charge < -0.3 is 16.4 Å². The highest BCUT2D eigenvalue weighted by Crippen LogP contribution is 2.31. The lowest BCUT2D eigenvalue weighted by molar-refractivity contribution is 0.239. The number of nitrogens with two attached hydrogens (primary N) is 1. The van der Waals surface area contributed by atoms with E-state index in [2.05, 4.69) is 10.6 Å². The summed E-state index contributed by atoms with van der Waals surface area (Å²) in [5.74, 6) is 0.654. The van der Waals surface area contributed by atoms with Gasteiger partial charge in [-0.25, -0.2) is 4.79 Å². The molecule has 0 aromatic heterocycles. The fraction of sp³-hybridized carbons (Fsp3) is 0.889. The van der Waals surface area contributed by atoms with Gasteiger partial charge in [-0.2, -0.15) is 0 Å². The Morgan fingerprint density at radius 3 is 2.62 bits per heavy atom. The van der Waals surface area contributed by atoms with Crippen molar-refractivity contribution in [3.05, 3.63) is 0 Å². The van der Waals surface area contributed by atoms with Gasteiger partial charge in [-0.1, -0.05) is 0 Å². The standard InChI is InChI=1S/C9H17N3O/c10-8(6-1-2-6)5-11-9(13)12-7-3-4-7/h6-8H,1-5,10H2,(H2,11,12,13). The fourth-order valence-electron chi connectivity index (χ4n) is 1.37. The molecule has 2 aliphatic rings. The molecular formula is C9H17N3O. The van der Waals surface area contributed by atoms with Crippen LogP contribution in [0.15, 0.2) is 0 Å². The zero-order chi connectivity index (χ0) is 9.26. The monoisotopic (exact) mass is 183 g/mol.